The monoisotopic (exact) mass is 380 g/mol. The van der Waals surface area contributed by atoms with Crippen molar-refractivity contribution in [2.45, 2.75) is 19.9 Å². The Balaban J connectivity index is 1.67. The molecule has 3 heterocycles. The van der Waals surface area contributed by atoms with Crippen molar-refractivity contribution in [3.05, 3.63) is 101 Å². The maximum absolute atomic E-state index is 13.3. The highest BCUT2D eigenvalue weighted by atomic mass is 16.1. The Labute approximate surface area is 167 Å². The van der Waals surface area contributed by atoms with E-state index in [-0.39, 0.29) is 5.56 Å². The highest BCUT2D eigenvalue weighted by molar-refractivity contribution is 6.02. The number of aromatic nitrogens is 4. The summed E-state index contributed by atoms with van der Waals surface area (Å²) in [7, 11) is 0. The van der Waals surface area contributed by atoms with Crippen molar-refractivity contribution < 1.29 is 0 Å². The van der Waals surface area contributed by atoms with Gasteiger partial charge < -0.3 is 0 Å². The molecule has 0 aliphatic rings. The maximum atomic E-state index is 13.3. The van der Waals surface area contributed by atoms with Gasteiger partial charge in [0.05, 0.1) is 22.8 Å². The number of fused-ring (bicyclic) bond motifs is 3. The van der Waals surface area contributed by atoms with Crippen molar-refractivity contribution in [2.24, 2.45) is 0 Å². The minimum absolute atomic E-state index is 0.0982. The molecule has 142 valence electrons. The lowest BCUT2D eigenvalue weighted by molar-refractivity contribution is 0.636. The molecule has 0 amide bonds. The van der Waals surface area contributed by atoms with Gasteiger partial charge in [-0.25, -0.2) is 4.98 Å². The first kappa shape index (κ1) is 17.4. The molecule has 5 heteroatoms. The first-order chi connectivity index (χ1) is 14.2. The molecule has 5 nitrogen and oxygen atoms in total. The van der Waals surface area contributed by atoms with E-state index in [1.165, 1.54) is 11.1 Å². The Bertz CT molecular complexity index is 1370. The van der Waals surface area contributed by atoms with Crippen LogP contribution in [0.3, 0.4) is 0 Å². The molecule has 0 radical (unpaired) electrons. The topological polar surface area (TPSA) is 52.7 Å². The Morgan fingerprint density at radius 1 is 0.897 bits per heavy atom. The zero-order valence-corrected chi connectivity index (χ0v) is 16.1. The number of hydrogen-bond donors (Lipinski definition) is 0. The zero-order chi connectivity index (χ0) is 19.8. The predicted molar refractivity (Wildman–Crippen MR) is 116 cm³/mol. The summed E-state index contributed by atoms with van der Waals surface area (Å²) in [5.74, 6) is 0. The second-order valence-electron chi connectivity index (χ2n) is 7.22. The van der Waals surface area contributed by atoms with E-state index in [1.54, 1.807) is 17.0 Å². The lowest BCUT2D eigenvalue weighted by Gasteiger charge is -2.12. The fourth-order valence-corrected chi connectivity index (χ4v) is 3.78. The minimum atomic E-state index is -0.0982. The summed E-state index contributed by atoms with van der Waals surface area (Å²) in [5.41, 5.74) is 4.69. The van der Waals surface area contributed by atoms with Gasteiger partial charge in [0.1, 0.15) is 5.65 Å². The number of benzene rings is 2. The van der Waals surface area contributed by atoms with Crippen LogP contribution in [0.2, 0.25) is 0 Å². The summed E-state index contributed by atoms with van der Waals surface area (Å²) in [6.45, 7) is 2.78. The lowest BCUT2D eigenvalue weighted by atomic mass is 10.1. The van der Waals surface area contributed by atoms with E-state index in [1.807, 2.05) is 47.1 Å². The van der Waals surface area contributed by atoms with E-state index in [2.05, 4.69) is 41.3 Å². The molecule has 2 aromatic carbocycles. The van der Waals surface area contributed by atoms with Crippen LogP contribution in [0.4, 0.5) is 0 Å². The van der Waals surface area contributed by atoms with Crippen LogP contribution in [0.25, 0.3) is 27.6 Å². The second kappa shape index (κ2) is 7.02. The van der Waals surface area contributed by atoms with Crippen LogP contribution in [0.1, 0.15) is 11.1 Å². The van der Waals surface area contributed by atoms with Gasteiger partial charge in [-0.1, -0.05) is 48.0 Å². The van der Waals surface area contributed by atoms with E-state index in [0.717, 1.165) is 23.0 Å². The predicted octanol–water partition coefficient (Wildman–Crippen LogP) is 4.29. The van der Waals surface area contributed by atoms with Crippen LogP contribution in [-0.2, 0) is 13.0 Å². The lowest BCUT2D eigenvalue weighted by Crippen LogP contribution is -2.20. The van der Waals surface area contributed by atoms with Crippen molar-refractivity contribution in [3.8, 4) is 5.69 Å². The summed E-state index contributed by atoms with van der Waals surface area (Å²) < 4.78 is 3.60. The normalized spacial score (nSPS) is 11.3. The third-order valence-corrected chi connectivity index (χ3v) is 5.27. The van der Waals surface area contributed by atoms with Gasteiger partial charge in [-0.15, -0.1) is 0 Å². The molecule has 0 N–H and O–H groups in total. The van der Waals surface area contributed by atoms with Crippen LogP contribution in [0.15, 0.2) is 83.9 Å². The maximum Gasteiger partial charge on any atom is 0.267 e. The molecule has 0 atom stereocenters. The first-order valence-electron chi connectivity index (χ1n) is 9.68. The number of aryl methyl sites for hydroxylation is 3. The average molecular weight is 380 g/mol. The molecule has 0 saturated heterocycles. The molecule has 5 rings (SSSR count). The number of rotatable bonds is 4. The highest BCUT2D eigenvalue weighted by Gasteiger charge is 2.17. The smallest absolute Gasteiger partial charge is 0.267 e. The minimum Gasteiger partial charge on any atom is -0.268 e. The molecular weight excluding hydrogens is 360 g/mol. The van der Waals surface area contributed by atoms with Gasteiger partial charge in [0, 0.05) is 18.1 Å². The average Bonchev–Trinajstić information content (AvgIpc) is 3.19. The summed E-state index contributed by atoms with van der Waals surface area (Å²) in [5, 5.41) is 6.08. The summed E-state index contributed by atoms with van der Waals surface area (Å²) >= 11 is 0. The summed E-state index contributed by atoms with van der Waals surface area (Å²) in [6, 6.07) is 22.1. The Morgan fingerprint density at radius 3 is 2.48 bits per heavy atom. The van der Waals surface area contributed by atoms with Crippen molar-refractivity contribution in [2.75, 3.05) is 0 Å². The molecule has 0 saturated carbocycles. The third-order valence-electron chi connectivity index (χ3n) is 5.27. The first-order valence-corrected chi connectivity index (χ1v) is 9.68. The molecule has 0 spiro atoms. The summed E-state index contributed by atoms with van der Waals surface area (Å²) in [6.07, 6.45) is 4.25. The van der Waals surface area contributed by atoms with Crippen molar-refractivity contribution in [1.29, 1.82) is 0 Å². The van der Waals surface area contributed by atoms with E-state index >= 15 is 0 Å². The van der Waals surface area contributed by atoms with Crippen LogP contribution >= 0.6 is 0 Å². The number of pyridine rings is 2. The van der Waals surface area contributed by atoms with E-state index in [0.29, 0.717) is 17.6 Å². The largest absolute Gasteiger partial charge is 0.268 e. The highest BCUT2D eigenvalue weighted by Crippen LogP contribution is 2.23. The van der Waals surface area contributed by atoms with Crippen LogP contribution in [-0.4, -0.2) is 19.3 Å². The van der Waals surface area contributed by atoms with Crippen molar-refractivity contribution >= 4 is 21.9 Å². The van der Waals surface area contributed by atoms with Crippen molar-refractivity contribution in [3.63, 3.8) is 0 Å². The van der Waals surface area contributed by atoms with Gasteiger partial charge in [0.25, 0.3) is 5.56 Å². The number of hydrogen-bond acceptors (Lipinski definition) is 3. The standard InChI is InChI=1S/C24H20N4O/c1-17-9-11-18(12-10-17)13-15-27-22-20-8-5-14-25-23(20)28(19-6-3-2-4-7-19)24(29)21(22)16-26-27/h2-12,14,16H,13,15H2,1H3. The molecule has 5 aromatic rings. The van der Waals surface area contributed by atoms with Crippen LogP contribution < -0.4 is 5.56 Å². The van der Waals surface area contributed by atoms with Gasteiger partial charge >= 0.3 is 0 Å². The van der Waals surface area contributed by atoms with Gasteiger partial charge in [-0.05, 0) is 43.2 Å². The Kier molecular flexibility index (Phi) is 4.21. The van der Waals surface area contributed by atoms with Gasteiger partial charge in [0.15, 0.2) is 0 Å². The molecule has 0 fully saturated rings. The fourth-order valence-electron chi connectivity index (χ4n) is 3.78. The second-order valence-corrected chi connectivity index (χ2v) is 7.22. The van der Waals surface area contributed by atoms with Gasteiger partial charge in [-0.3, -0.25) is 14.0 Å². The quantitative estimate of drug-likeness (QED) is 0.467. The molecular formula is C24H20N4O. The Morgan fingerprint density at radius 2 is 1.69 bits per heavy atom. The molecule has 29 heavy (non-hydrogen) atoms. The number of para-hydroxylation sites is 1. The van der Waals surface area contributed by atoms with Gasteiger partial charge in [0.2, 0.25) is 0 Å². The van der Waals surface area contributed by atoms with E-state index < -0.39 is 0 Å². The van der Waals surface area contributed by atoms with Crippen LogP contribution in [0.5, 0.6) is 0 Å². The molecule has 0 bridgehead atoms. The van der Waals surface area contributed by atoms with E-state index in [4.69, 9.17) is 0 Å². The molecule has 0 aliphatic carbocycles. The SMILES string of the molecule is Cc1ccc(CCn2ncc3c(=O)n(-c4ccccc4)c4ncccc4c32)cc1. The fraction of sp³-hybridized carbons (Fsp3) is 0.125. The van der Waals surface area contributed by atoms with Crippen molar-refractivity contribution in [1.82, 2.24) is 19.3 Å². The number of nitrogens with zero attached hydrogens (tertiary/aromatic N) is 4. The summed E-state index contributed by atoms with van der Waals surface area (Å²) in [4.78, 5) is 17.9. The van der Waals surface area contributed by atoms with Crippen LogP contribution in [0, 0.1) is 6.92 Å². The van der Waals surface area contributed by atoms with Gasteiger partial charge in [-0.2, -0.15) is 5.10 Å². The zero-order valence-electron chi connectivity index (χ0n) is 16.1. The van der Waals surface area contributed by atoms with E-state index in [9.17, 15) is 4.79 Å². The molecule has 0 unspecified atom stereocenters. The third kappa shape index (κ3) is 3.01. The Hall–Kier alpha value is -3.73. The molecule has 3 aromatic heterocycles. The molecule has 0 aliphatic heterocycles.